The van der Waals surface area contributed by atoms with E-state index in [2.05, 4.69) is 142 Å². The Morgan fingerprint density at radius 1 is 0.266 bits per heavy atom. The van der Waals surface area contributed by atoms with Crippen LogP contribution in [-0.2, 0) is 28.6 Å². The molecular weight excluding hydrogens is 973 g/mol. The minimum atomic E-state index is -0.806. The molecule has 0 rings (SSSR count). The van der Waals surface area contributed by atoms with Gasteiger partial charge in [-0.1, -0.05) is 277 Å². The van der Waals surface area contributed by atoms with E-state index in [1.807, 2.05) is 0 Å². The van der Waals surface area contributed by atoms with Crippen molar-refractivity contribution in [2.75, 3.05) is 13.2 Å². The largest absolute Gasteiger partial charge is 0.462 e. The van der Waals surface area contributed by atoms with Crippen molar-refractivity contribution in [3.63, 3.8) is 0 Å². The third-order valence-corrected chi connectivity index (χ3v) is 13.9. The standard InChI is InChI=1S/C73H122O6/c1-4-7-10-13-16-19-22-25-28-29-30-31-32-33-34-35-36-37-38-39-40-41-42-43-46-48-51-54-57-60-63-66-72(75)78-69-70(79-73(76)67-64-61-58-55-52-49-45-27-24-21-18-15-12-9-6-3)68-77-71(74)65-62-59-56-53-50-47-44-26-23-20-17-14-11-8-5-2/h7,9-10,12,16,18-19,21,25-28,30-31,33-34,44-45,52,55,70H,4-6,8,11,13-15,17,20,22-24,29,32,35-43,46-51,53-54,56-69H2,1-3H3/b10-7-,12-9-,19-16-,21-18-,28-25-,31-30-,34-33-,44-26-,45-27-,55-52-. The SMILES string of the molecule is CC/C=C\C/C=C\C/C=C\C/C=C\C/C=C\CCCCCCCCCCCCCCCCCC(=O)OCC(COC(=O)CCCCCCC/C=C\CCCCCCCC)OC(=O)CCCC/C=C\C/C=C\C/C=C\C/C=C\CC. The fourth-order valence-corrected chi connectivity index (χ4v) is 9.04. The minimum absolute atomic E-state index is 0.0976. The van der Waals surface area contributed by atoms with Crippen LogP contribution in [0.4, 0.5) is 0 Å². The van der Waals surface area contributed by atoms with Crippen molar-refractivity contribution in [3.8, 4) is 0 Å². The third-order valence-electron chi connectivity index (χ3n) is 13.9. The molecule has 0 aliphatic rings. The Morgan fingerprint density at radius 2 is 0.494 bits per heavy atom. The first kappa shape index (κ1) is 74.8. The van der Waals surface area contributed by atoms with Gasteiger partial charge in [0.2, 0.25) is 0 Å². The van der Waals surface area contributed by atoms with E-state index in [4.69, 9.17) is 14.2 Å². The van der Waals surface area contributed by atoms with Gasteiger partial charge in [-0.25, -0.2) is 0 Å². The molecule has 0 fully saturated rings. The molecule has 1 atom stereocenters. The Balaban J connectivity index is 4.26. The maximum Gasteiger partial charge on any atom is 0.306 e. The van der Waals surface area contributed by atoms with Crippen LogP contribution in [0.3, 0.4) is 0 Å². The van der Waals surface area contributed by atoms with Gasteiger partial charge in [0, 0.05) is 19.3 Å². The molecule has 0 aromatic heterocycles. The lowest BCUT2D eigenvalue weighted by Gasteiger charge is -2.18. The predicted molar refractivity (Wildman–Crippen MR) is 343 cm³/mol. The number of carbonyl (C=O) groups is 3. The molecule has 0 aromatic carbocycles. The molecule has 450 valence electrons. The van der Waals surface area contributed by atoms with Gasteiger partial charge >= 0.3 is 17.9 Å². The fraction of sp³-hybridized carbons (Fsp3) is 0.685. The second kappa shape index (κ2) is 66.3. The number of unbranched alkanes of at least 4 members (excludes halogenated alkanes) is 28. The summed E-state index contributed by atoms with van der Waals surface area (Å²) in [7, 11) is 0. The summed E-state index contributed by atoms with van der Waals surface area (Å²) in [5, 5.41) is 0. The van der Waals surface area contributed by atoms with Gasteiger partial charge in [0.05, 0.1) is 0 Å². The number of ether oxygens (including phenoxy) is 3. The van der Waals surface area contributed by atoms with Gasteiger partial charge in [0.1, 0.15) is 13.2 Å². The molecule has 0 amide bonds. The quantitative estimate of drug-likeness (QED) is 0.0261. The maximum absolute atomic E-state index is 12.9. The van der Waals surface area contributed by atoms with Crippen molar-refractivity contribution >= 4 is 17.9 Å². The lowest BCUT2D eigenvalue weighted by molar-refractivity contribution is -0.167. The maximum atomic E-state index is 12.9. The summed E-state index contributed by atoms with van der Waals surface area (Å²) in [6.07, 6.45) is 92.2. The van der Waals surface area contributed by atoms with E-state index < -0.39 is 6.10 Å². The van der Waals surface area contributed by atoms with Crippen molar-refractivity contribution in [3.05, 3.63) is 122 Å². The highest BCUT2D eigenvalue weighted by Gasteiger charge is 2.19. The summed E-state index contributed by atoms with van der Waals surface area (Å²) in [6, 6.07) is 0. The molecule has 79 heavy (non-hydrogen) atoms. The molecule has 1 unspecified atom stereocenters. The van der Waals surface area contributed by atoms with Crippen LogP contribution >= 0.6 is 0 Å². The van der Waals surface area contributed by atoms with E-state index in [-0.39, 0.29) is 37.5 Å². The second-order valence-corrected chi connectivity index (χ2v) is 21.6. The fourth-order valence-electron chi connectivity index (χ4n) is 9.04. The monoisotopic (exact) mass is 1090 g/mol. The molecule has 6 heteroatoms. The van der Waals surface area contributed by atoms with Crippen molar-refractivity contribution in [2.24, 2.45) is 0 Å². The van der Waals surface area contributed by atoms with Gasteiger partial charge in [-0.2, -0.15) is 0 Å². The molecule has 0 spiro atoms. The predicted octanol–water partition coefficient (Wildman–Crippen LogP) is 22.8. The van der Waals surface area contributed by atoms with E-state index in [0.717, 1.165) is 116 Å². The molecule has 0 saturated carbocycles. The van der Waals surface area contributed by atoms with Crippen molar-refractivity contribution in [1.82, 2.24) is 0 Å². The zero-order chi connectivity index (χ0) is 57.1. The van der Waals surface area contributed by atoms with Crippen LogP contribution in [0.25, 0.3) is 0 Å². The zero-order valence-electron chi connectivity index (χ0n) is 51.6. The highest BCUT2D eigenvalue weighted by atomic mass is 16.6. The molecule has 0 saturated heterocycles. The van der Waals surface area contributed by atoms with E-state index in [1.165, 1.54) is 141 Å². The Morgan fingerprint density at radius 3 is 0.810 bits per heavy atom. The summed E-state index contributed by atoms with van der Waals surface area (Å²) in [5.74, 6) is -0.942. The number of esters is 3. The zero-order valence-corrected chi connectivity index (χ0v) is 51.6. The molecule has 0 heterocycles. The molecule has 6 nitrogen and oxygen atoms in total. The number of rotatable bonds is 59. The number of hydrogen-bond acceptors (Lipinski definition) is 6. The van der Waals surface area contributed by atoms with Crippen LogP contribution in [-0.4, -0.2) is 37.2 Å². The van der Waals surface area contributed by atoms with Gasteiger partial charge in [-0.3, -0.25) is 14.4 Å². The molecule has 0 aromatic rings. The van der Waals surface area contributed by atoms with Gasteiger partial charge in [-0.05, 0) is 128 Å². The Hall–Kier alpha value is -4.19. The molecule has 0 radical (unpaired) electrons. The first-order valence-electron chi connectivity index (χ1n) is 33.0. The van der Waals surface area contributed by atoms with E-state index in [9.17, 15) is 14.4 Å². The summed E-state index contributed by atoms with van der Waals surface area (Å²) < 4.78 is 16.9. The summed E-state index contributed by atoms with van der Waals surface area (Å²) in [5.41, 5.74) is 0. The van der Waals surface area contributed by atoms with Crippen LogP contribution in [0.2, 0.25) is 0 Å². The van der Waals surface area contributed by atoms with Crippen LogP contribution in [0.5, 0.6) is 0 Å². The van der Waals surface area contributed by atoms with Crippen LogP contribution in [0.1, 0.15) is 303 Å². The Bertz CT molecular complexity index is 1640. The summed E-state index contributed by atoms with van der Waals surface area (Å²) in [4.78, 5) is 38.3. The van der Waals surface area contributed by atoms with Gasteiger partial charge in [-0.15, -0.1) is 0 Å². The smallest absolute Gasteiger partial charge is 0.306 e. The van der Waals surface area contributed by atoms with Crippen molar-refractivity contribution in [2.45, 2.75) is 309 Å². The van der Waals surface area contributed by atoms with Crippen LogP contribution in [0.15, 0.2) is 122 Å². The van der Waals surface area contributed by atoms with E-state index in [1.54, 1.807) is 0 Å². The topological polar surface area (TPSA) is 78.9 Å². The third kappa shape index (κ3) is 64.5. The molecular formula is C73H122O6. The number of hydrogen-bond donors (Lipinski definition) is 0. The molecule has 0 aliphatic carbocycles. The van der Waals surface area contributed by atoms with Crippen molar-refractivity contribution < 1.29 is 28.6 Å². The highest BCUT2D eigenvalue weighted by Crippen LogP contribution is 2.16. The van der Waals surface area contributed by atoms with Gasteiger partial charge < -0.3 is 14.2 Å². The lowest BCUT2D eigenvalue weighted by atomic mass is 10.0. The molecule has 0 N–H and O–H groups in total. The molecule has 0 aliphatic heterocycles. The average Bonchev–Trinajstić information content (AvgIpc) is 3.45. The normalized spacial score (nSPS) is 12.9. The lowest BCUT2D eigenvalue weighted by Crippen LogP contribution is -2.30. The Labute approximate surface area is 488 Å². The van der Waals surface area contributed by atoms with Crippen LogP contribution < -0.4 is 0 Å². The summed E-state index contributed by atoms with van der Waals surface area (Å²) in [6.45, 7) is 6.38. The second-order valence-electron chi connectivity index (χ2n) is 21.6. The summed E-state index contributed by atoms with van der Waals surface area (Å²) >= 11 is 0. The average molecular weight is 1100 g/mol. The minimum Gasteiger partial charge on any atom is -0.462 e. The highest BCUT2D eigenvalue weighted by molar-refractivity contribution is 5.71. The number of carbonyl (C=O) groups excluding carboxylic acids is 3. The van der Waals surface area contributed by atoms with Crippen LogP contribution in [0, 0.1) is 0 Å². The Kier molecular flexibility index (Phi) is 62.8. The molecule has 0 bridgehead atoms. The number of allylic oxidation sites excluding steroid dienone is 20. The first-order valence-corrected chi connectivity index (χ1v) is 33.0. The van der Waals surface area contributed by atoms with Gasteiger partial charge in [0.15, 0.2) is 6.10 Å². The first-order chi connectivity index (χ1) is 39.0. The van der Waals surface area contributed by atoms with Gasteiger partial charge in [0.25, 0.3) is 0 Å². The van der Waals surface area contributed by atoms with Crippen molar-refractivity contribution in [1.29, 1.82) is 0 Å². The van der Waals surface area contributed by atoms with E-state index >= 15 is 0 Å². The van der Waals surface area contributed by atoms with E-state index in [0.29, 0.717) is 19.3 Å².